The Morgan fingerprint density at radius 3 is 2.64 bits per heavy atom. The Bertz CT molecular complexity index is 165. The molecule has 11 heavy (non-hydrogen) atoms. The molecule has 64 valence electrons. The van der Waals surface area contributed by atoms with E-state index in [0.29, 0.717) is 12.8 Å². The number of nitrogens with two attached hydrogens (primary N) is 2. The van der Waals surface area contributed by atoms with Gasteiger partial charge in [0.25, 0.3) is 0 Å². The summed E-state index contributed by atoms with van der Waals surface area (Å²) in [6, 6.07) is 0. The Balaban J connectivity index is 2.23. The molecule has 0 aromatic rings. The third kappa shape index (κ3) is 1.81. The quantitative estimate of drug-likeness (QED) is 0.479. The van der Waals surface area contributed by atoms with Gasteiger partial charge in [-0.15, -0.1) is 0 Å². The number of hydrogen-bond acceptors (Lipinski definition) is 4. The van der Waals surface area contributed by atoms with Crippen LogP contribution in [-0.4, -0.2) is 29.4 Å². The molecule has 0 unspecified atom stereocenters. The van der Waals surface area contributed by atoms with E-state index in [1.165, 1.54) is 0 Å². The summed E-state index contributed by atoms with van der Waals surface area (Å²) in [5, 5.41) is 9.34. The van der Waals surface area contributed by atoms with Gasteiger partial charge in [-0.05, 0) is 0 Å². The average Bonchev–Trinajstić information content (AvgIpc) is 1.83. The first-order chi connectivity index (χ1) is 5.06. The Hall–Kier alpha value is -0.810. The van der Waals surface area contributed by atoms with Crippen LogP contribution in [0.5, 0.6) is 0 Å². The molecule has 0 heterocycles. The summed E-state index contributed by atoms with van der Waals surface area (Å²) in [4.78, 5) is 10.2. The van der Waals surface area contributed by atoms with Gasteiger partial charge in [0, 0.05) is 19.4 Å². The number of aliphatic hydroxyl groups is 1. The van der Waals surface area contributed by atoms with Crippen LogP contribution in [0.2, 0.25) is 0 Å². The van der Waals surface area contributed by atoms with Crippen LogP contribution in [0, 0.1) is 0 Å². The van der Waals surface area contributed by atoms with E-state index in [9.17, 15) is 9.90 Å². The number of ether oxygens (including phenoxy) is 1. The second kappa shape index (κ2) is 2.67. The molecule has 5 nitrogen and oxygen atoms in total. The maximum absolute atomic E-state index is 10.2. The molecular weight excluding hydrogens is 148 g/mol. The molecule has 1 saturated carbocycles. The summed E-state index contributed by atoms with van der Waals surface area (Å²) in [5.41, 5.74) is 9.16. The molecule has 0 aromatic heterocycles. The minimum Gasteiger partial charge on any atom is -0.446 e. The zero-order valence-corrected chi connectivity index (χ0v) is 6.12. The van der Waals surface area contributed by atoms with Crippen LogP contribution >= 0.6 is 0 Å². The summed E-state index contributed by atoms with van der Waals surface area (Å²) >= 11 is 0. The first kappa shape index (κ1) is 8.29. The fraction of sp³-hybridized carbons (Fsp3) is 0.833. The van der Waals surface area contributed by atoms with Crippen LogP contribution in [0.15, 0.2) is 0 Å². The molecule has 1 aliphatic rings. The molecule has 1 fully saturated rings. The smallest absolute Gasteiger partial charge is 0.404 e. The molecule has 0 bridgehead atoms. The van der Waals surface area contributed by atoms with E-state index in [1.807, 2.05) is 0 Å². The van der Waals surface area contributed by atoms with E-state index in [-0.39, 0.29) is 12.6 Å². The van der Waals surface area contributed by atoms with Gasteiger partial charge in [0.15, 0.2) is 0 Å². The van der Waals surface area contributed by atoms with Gasteiger partial charge in [0.1, 0.15) is 6.10 Å². The van der Waals surface area contributed by atoms with Gasteiger partial charge >= 0.3 is 6.09 Å². The van der Waals surface area contributed by atoms with Gasteiger partial charge in [-0.2, -0.15) is 0 Å². The first-order valence-corrected chi connectivity index (χ1v) is 3.44. The van der Waals surface area contributed by atoms with Crippen LogP contribution in [0.1, 0.15) is 12.8 Å². The number of hydrogen-bond donors (Lipinski definition) is 3. The van der Waals surface area contributed by atoms with Crippen molar-refractivity contribution in [1.29, 1.82) is 0 Å². The van der Waals surface area contributed by atoms with Crippen LogP contribution in [0.4, 0.5) is 4.79 Å². The minimum atomic E-state index is -0.833. The van der Waals surface area contributed by atoms with E-state index in [0.717, 1.165) is 0 Å². The van der Waals surface area contributed by atoms with E-state index < -0.39 is 11.7 Å². The number of amides is 1. The maximum Gasteiger partial charge on any atom is 0.404 e. The normalized spacial score (nSPS) is 36.0. The summed E-state index contributed by atoms with van der Waals surface area (Å²) in [6.07, 6.45) is -0.256. The number of carbonyl (C=O) groups excluding carboxylic acids is 1. The lowest BCUT2D eigenvalue weighted by Gasteiger charge is -2.41. The van der Waals surface area contributed by atoms with Crippen molar-refractivity contribution < 1.29 is 14.6 Å². The van der Waals surface area contributed by atoms with E-state index in [1.54, 1.807) is 0 Å². The predicted molar refractivity (Wildman–Crippen MR) is 37.7 cm³/mol. The molecule has 1 amide bonds. The van der Waals surface area contributed by atoms with Crippen molar-refractivity contribution in [2.45, 2.75) is 24.5 Å². The molecule has 0 spiro atoms. The third-order valence-corrected chi connectivity index (χ3v) is 1.88. The number of primary amides is 1. The third-order valence-electron chi connectivity index (χ3n) is 1.88. The Kier molecular flexibility index (Phi) is 2.01. The first-order valence-electron chi connectivity index (χ1n) is 3.44. The second-order valence-electron chi connectivity index (χ2n) is 2.90. The van der Waals surface area contributed by atoms with Gasteiger partial charge in [-0.25, -0.2) is 4.79 Å². The SMILES string of the molecule is NCC1(O)CC(OC(N)=O)C1. The van der Waals surface area contributed by atoms with Crippen LogP contribution in [0.25, 0.3) is 0 Å². The molecule has 0 aromatic carbocycles. The topological polar surface area (TPSA) is 98.6 Å². The highest BCUT2D eigenvalue weighted by Crippen LogP contribution is 2.33. The Morgan fingerprint density at radius 2 is 2.27 bits per heavy atom. The van der Waals surface area contributed by atoms with Gasteiger partial charge in [-0.3, -0.25) is 0 Å². The van der Waals surface area contributed by atoms with Crippen molar-refractivity contribution in [2.24, 2.45) is 11.5 Å². The average molecular weight is 160 g/mol. The lowest BCUT2D eigenvalue weighted by atomic mass is 9.77. The lowest BCUT2D eigenvalue weighted by molar-refractivity contribution is -0.107. The van der Waals surface area contributed by atoms with Crippen molar-refractivity contribution in [2.75, 3.05) is 6.54 Å². The summed E-state index contributed by atoms with van der Waals surface area (Å²) < 4.78 is 4.61. The van der Waals surface area contributed by atoms with Crippen molar-refractivity contribution >= 4 is 6.09 Å². The van der Waals surface area contributed by atoms with Crippen molar-refractivity contribution in [3.63, 3.8) is 0 Å². The summed E-state index contributed by atoms with van der Waals surface area (Å²) in [5.74, 6) is 0. The minimum absolute atomic E-state index is 0.200. The van der Waals surface area contributed by atoms with Crippen molar-refractivity contribution in [1.82, 2.24) is 0 Å². The van der Waals surface area contributed by atoms with Crippen LogP contribution < -0.4 is 11.5 Å². The Labute approximate surface area is 64.3 Å². The van der Waals surface area contributed by atoms with Gasteiger partial charge in [0.05, 0.1) is 5.60 Å². The standard InChI is InChI=1S/C6H12N2O3/c7-3-6(10)1-4(2-6)11-5(8)9/h4,10H,1-3,7H2,(H2,8,9). The fourth-order valence-electron chi connectivity index (χ4n) is 1.20. The van der Waals surface area contributed by atoms with Crippen LogP contribution in [0.3, 0.4) is 0 Å². The largest absolute Gasteiger partial charge is 0.446 e. The second-order valence-corrected chi connectivity index (χ2v) is 2.90. The zero-order chi connectivity index (χ0) is 8.48. The van der Waals surface area contributed by atoms with Gasteiger partial charge in [-0.1, -0.05) is 0 Å². The Morgan fingerprint density at radius 1 is 1.73 bits per heavy atom. The molecule has 0 atom stereocenters. The van der Waals surface area contributed by atoms with Crippen LogP contribution in [-0.2, 0) is 4.74 Å². The fourth-order valence-corrected chi connectivity index (χ4v) is 1.20. The highest BCUT2D eigenvalue weighted by Gasteiger charge is 2.43. The summed E-state index contributed by atoms with van der Waals surface area (Å²) in [6.45, 7) is 0.200. The van der Waals surface area contributed by atoms with Gasteiger partial charge < -0.3 is 21.3 Å². The highest BCUT2D eigenvalue weighted by atomic mass is 16.6. The number of rotatable bonds is 2. The number of carbonyl (C=O) groups is 1. The van der Waals surface area contributed by atoms with Crippen molar-refractivity contribution in [3.8, 4) is 0 Å². The molecule has 1 rings (SSSR count). The van der Waals surface area contributed by atoms with E-state index >= 15 is 0 Å². The van der Waals surface area contributed by atoms with Gasteiger partial charge in [0.2, 0.25) is 0 Å². The predicted octanol–water partition coefficient (Wildman–Crippen LogP) is -1.07. The highest BCUT2D eigenvalue weighted by molar-refractivity contribution is 5.64. The zero-order valence-electron chi connectivity index (χ0n) is 6.12. The lowest BCUT2D eigenvalue weighted by Crippen LogP contribution is -2.54. The van der Waals surface area contributed by atoms with E-state index in [4.69, 9.17) is 11.5 Å². The van der Waals surface area contributed by atoms with Crippen molar-refractivity contribution in [3.05, 3.63) is 0 Å². The maximum atomic E-state index is 10.2. The molecule has 1 aliphatic carbocycles. The molecule has 0 radical (unpaired) electrons. The van der Waals surface area contributed by atoms with E-state index in [2.05, 4.69) is 4.74 Å². The summed E-state index contributed by atoms with van der Waals surface area (Å²) in [7, 11) is 0. The molecular formula is C6H12N2O3. The molecule has 0 saturated heterocycles. The molecule has 5 heteroatoms. The molecule has 5 N–H and O–H groups in total. The monoisotopic (exact) mass is 160 g/mol. The molecule has 0 aliphatic heterocycles.